The Morgan fingerprint density at radius 3 is 2.75 bits per heavy atom. The molecular weight excluding hydrogens is 202 g/mol. The van der Waals surface area contributed by atoms with E-state index in [1.807, 2.05) is 6.07 Å². The molecule has 16 heavy (non-hydrogen) atoms. The van der Waals surface area contributed by atoms with E-state index in [1.54, 1.807) is 6.33 Å². The van der Waals surface area contributed by atoms with E-state index in [0.29, 0.717) is 12.0 Å². The van der Waals surface area contributed by atoms with Crippen LogP contribution in [0.1, 0.15) is 38.3 Å². The minimum atomic E-state index is 0.443. The van der Waals surface area contributed by atoms with E-state index in [0.717, 1.165) is 37.6 Å². The summed E-state index contributed by atoms with van der Waals surface area (Å²) in [6.07, 6.45) is 3.75. The van der Waals surface area contributed by atoms with Gasteiger partial charge in [-0.3, -0.25) is 0 Å². The lowest BCUT2D eigenvalue weighted by Gasteiger charge is -2.23. The van der Waals surface area contributed by atoms with Gasteiger partial charge in [0.2, 0.25) is 0 Å². The molecule has 1 aromatic rings. The van der Waals surface area contributed by atoms with Crippen molar-refractivity contribution in [3.63, 3.8) is 0 Å². The summed E-state index contributed by atoms with van der Waals surface area (Å²) in [5.41, 5.74) is 1.09. The van der Waals surface area contributed by atoms with Crippen molar-refractivity contribution in [3.05, 3.63) is 18.1 Å². The number of anilines is 1. The van der Waals surface area contributed by atoms with Gasteiger partial charge in [-0.05, 0) is 18.8 Å². The third-order valence-electron chi connectivity index (χ3n) is 2.85. The Bertz CT molecular complexity index is 335. The molecule has 1 saturated heterocycles. The van der Waals surface area contributed by atoms with Gasteiger partial charge in [0, 0.05) is 31.0 Å². The van der Waals surface area contributed by atoms with E-state index in [1.165, 1.54) is 0 Å². The maximum atomic E-state index is 5.33. The molecule has 1 aliphatic heterocycles. The van der Waals surface area contributed by atoms with Crippen LogP contribution < -0.4 is 5.32 Å². The van der Waals surface area contributed by atoms with Crippen LogP contribution in [0.15, 0.2) is 12.4 Å². The summed E-state index contributed by atoms with van der Waals surface area (Å²) in [6.45, 7) is 5.97. The Balaban J connectivity index is 2.00. The Hall–Kier alpha value is -1.16. The standard InChI is InChI=1S/C12H19N3O/c1-9(2)11-7-12(14-8-13-11)15-10-3-5-16-6-4-10/h7-10H,3-6H2,1-2H3,(H,13,14,15). The Labute approximate surface area is 96.4 Å². The third-order valence-corrected chi connectivity index (χ3v) is 2.85. The van der Waals surface area contributed by atoms with Crippen LogP contribution in [0.3, 0.4) is 0 Å². The van der Waals surface area contributed by atoms with Gasteiger partial charge in [-0.15, -0.1) is 0 Å². The van der Waals surface area contributed by atoms with Crippen molar-refractivity contribution < 1.29 is 4.74 Å². The van der Waals surface area contributed by atoms with E-state index < -0.39 is 0 Å². The first kappa shape index (κ1) is 11.3. The lowest BCUT2D eigenvalue weighted by molar-refractivity contribution is 0.0904. The lowest BCUT2D eigenvalue weighted by atomic mass is 10.1. The molecule has 1 aliphatic rings. The van der Waals surface area contributed by atoms with Gasteiger partial charge in [0.25, 0.3) is 0 Å². The Morgan fingerprint density at radius 2 is 2.06 bits per heavy atom. The number of rotatable bonds is 3. The van der Waals surface area contributed by atoms with E-state index in [9.17, 15) is 0 Å². The zero-order valence-electron chi connectivity index (χ0n) is 9.94. The van der Waals surface area contributed by atoms with Crippen molar-refractivity contribution in [3.8, 4) is 0 Å². The van der Waals surface area contributed by atoms with Crippen LogP contribution >= 0.6 is 0 Å². The molecule has 0 bridgehead atoms. The fraction of sp³-hybridized carbons (Fsp3) is 0.667. The van der Waals surface area contributed by atoms with Crippen molar-refractivity contribution >= 4 is 5.82 Å². The first-order chi connectivity index (χ1) is 7.75. The van der Waals surface area contributed by atoms with E-state index in [2.05, 4.69) is 29.1 Å². The maximum Gasteiger partial charge on any atom is 0.129 e. The summed E-state index contributed by atoms with van der Waals surface area (Å²) in [7, 11) is 0. The highest BCUT2D eigenvalue weighted by atomic mass is 16.5. The van der Waals surface area contributed by atoms with E-state index >= 15 is 0 Å². The molecule has 2 heterocycles. The molecule has 1 aromatic heterocycles. The summed E-state index contributed by atoms with van der Waals surface area (Å²) >= 11 is 0. The van der Waals surface area contributed by atoms with E-state index in [-0.39, 0.29) is 0 Å². The molecule has 0 saturated carbocycles. The highest BCUT2D eigenvalue weighted by Gasteiger charge is 2.14. The second-order valence-electron chi connectivity index (χ2n) is 4.51. The number of nitrogens with one attached hydrogen (secondary N) is 1. The lowest BCUT2D eigenvalue weighted by Crippen LogP contribution is -2.28. The molecule has 1 fully saturated rings. The van der Waals surface area contributed by atoms with Crippen molar-refractivity contribution in [1.29, 1.82) is 0 Å². The zero-order chi connectivity index (χ0) is 11.4. The van der Waals surface area contributed by atoms with Crippen LogP contribution in [0.4, 0.5) is 5.82 Å². The maximum absolute atomic E-state index is 5.33. The molecule has 4 heteroatoms. The predicted octanol–water partition coefficient (Wildman–Crippen LogP) is 2.19. The van der Waals surface area contributed by atoms with Crippen LogP contribution in [-0.4, -0.2) is 29.2 Å². The van der Waals surface area contributed by atoms with Crippen molar-refractivity contribution in [2.24, 2.45) is 0 Å². The number of aromatic nitrogens is 2. The Morgan fingerprint density at radius 1 is 1.31 bits per heavy atom. The van der Waals surface area contributed by atoms with Crippen LogP contribution in [0, 0.1) is 0 Å². The average molecular weight is 221 g/mol. The average Bonchev–Trinajstić information content (AvgIpc) is 2.30. The molecule has 0 atom stereocenters. The first-order valence-electron chi connectivity index (χ1n) is 5.92. The van der Waals surface area contributed by atoms with Crippen LogP contribution in [0.5, 0.6) is 0 Å². The van der Waals surface area contributed by atoms with Gasteiger partial charge in [0.1, 0.15) is 12.1 Å². The molecule has 0 aliphatic carbocycles. The molecule has 88 valence electrons. The topological polar surface area (TPSA) is 47.0 Å². The predicted molar refractivity (Wildman–Crippen MR) is 63.6 cm³/mol. The fourth-order valence-corrected chi connectivity index (χ4v) is 1.82. The van der Waals surface area contributed by atoms with Gasteiger partial charge in [0.15, 0.2) is 0 Å². The van der Waals surface area contributed by atoms with Crippen LogP contribution in [-0.2, 0) is 4.74 Å². The molecule has 2 rings (SSSR count). The van der Waals surface area contributed by atoms with Crippen LogP contribution in [0.25, 0.3) is 0 Å². The summed E-state index contributed by atoms with van der Waals surface area (Å²) in [5.74, 6) is 1.38. The highest BCUT2D eigenvalue weighted by molar-refractivity contribution is 5.36. The van der Waals surface area contributed by atoms with Crippen molar-refractivity contribution in [2.45, 2.75) is 38.6 Å². The second-order valence-corrected chi connectivity index (χ2v) is 4.51. The summed E-state index contributed by atoms with van der Waals surface area (Å²) in [5, 5.41) is 3.44. The number of nitrogens with zero attached hydrogens (tertiary/aromatic N) is 2. The molecule has 0 spiro atoms. The second kappa shape index (κ2) is 5.25. The minimum Gasteiger partial charge on any atom is -0.381 e. The highest BCUT2D eigenvalue weighted by Crippen LogP contribution is 2.16. The van der Waals surface area contributed by atoms with Gasteiger partial charge in [0.05, 0.1) is 0 Å². The Kier molecular flexibility index (Phi) is 3.72. The molecule has 0 amide bonds. The van der Waals surface area contributed by atoms with Gasteiger partial charge in [-0.25, -0.2) is 9.97 Å². The summed E-state index contributed by atoms with van der Waals surface area (Å²) in [4.78, 5) is 8.51. The number of hydrogen-bond acceptors (Lipinski definition) is 4. The summed E-state index contributed by atoms with van der Waals surface area (Å²) < 4.78 is 5.33. The molecule has 0 radical (unpaired) electrons. The SMILES string of the molecule is CC(C)c1cc(NC2CCOCC2)ncn1. The summed E-state index contributed by atoms with van der Waals surface area (Å²) in [6, 6.07) is 2.53. The van der Waals surface area contributed by atoms with Gasteiger partial charge >= 0.3 is 0 Å². The molecule has 0 aromatic carbocycles. The monoisotopic (exact) mass is 221 g/mol. The molecular formula is C12H19N3O. The third kappa shape index (κ3) is 2.92. The fourth-order valence-electron chi connectivity index (χ4n) is 1.82. The quantitative estimate of drug-likeness (QED) is 0.850. The molecule has 4 nitrogen and oxygen atoms in total. The van der Waals surface area contributed by atoms with E-state index in [4.69, 9.17) is 4.74 Å². The minimum absolute atomic E-state index is 0.443. The smallest absolute Gasteiger partial charge is 0.129 e. The number of ether oxygens (including phenoxy) is 1. The van der Waals surface area contributed by atoms with Gasteiger partial charge in [-0.2, -0.15) is 0 Å². The number of hydrogen-bond donors (Lipinski definition) is 1. The molecule has 1 N–H and O–H groups in total. The largest absolute Gasteiger partial charge is 0.381 e. The molecule has 0 unspecified atom stereocenters. The van der Waals surface area contributed by atoms with Crippen molar-refractivity contribution in [2.75, 3.05) is 18.5 Å². The zero-order valence-corrected chi connectivity index (χ0v) is 9.94. The van der Waals surface area contributed by atoms with Crippen molar-refractivity contribution in [1.82, 2.24) is 9.97 Å². The van der Waals surface area contributed by atoms with Gasteiger partial charge < -0.3 is 10.1 Å². The normalized spacial score (nSPS) is 17.7. The van der Waals surface area contributed by atoms with Gasteiger partial charge in [-0.1, -0.05) is 13.8 Å². The van der Waals surface area contributed by atoms with Crippen LogP contribution in [0.2, 0.25) is 0 Å². The first-order valence-corrected chi connectivity index (χ1v) is 5.92.